The number of para-hydroxylation sites is 1. The zero-order valence-electron chi connectivity index (χ0n) is 13.7. The molecule has 0 saturated carbocycles. The van der Waals surface area contributed by atoms with Crippen molar-refractivity contribution in [3.05, 3.63) is 64.7 Å². The van der Waals surface area contributed by atoms with E-state index in [4.69, 9.17) is 4.98 Å². The Morgan fingerprint density at radius 3 is 2.80 bits per heavy atom. The second kappa shape index (κ2) is 7.15. The normalized spacial score (nSPS) is 17.5. The molecule has 0 spiro atoms. The minimum absolute atomic E-state index is 0.294. The molecule has 6 heteroatoms. The number of nitrogens with one attached hydrogen (secondary N) is 1. The zero-order valence-corrected chi connectivity index (χ0v) is 14.5. The van der Waals surface area contributed by atoms with E-state index in [1.807, 2.05) is 24.3 Å². The van der Waals surface area contributed by atoms with Gasteiger partial charge in [-0.1, -0.05) is 18.2 Å². The molecule has 4 rings (SSSR count). The predicted molar refractivity (Wildman–Crippen MR) is 96.9 cm³/mol. The Morgan fingerprint density at radius 1 is 1.08 bits per heavy atom. The van der Waals surface area contributed by atoms with E-state index >= 15 is 0 Å². The van der Waals surface area contributed by atoms with Gasteiger partial charge in [0.15, 0.2) is 0 Å². The van der Waals surface area contributed by atoms with Crippen LogP contribution in [-0.4, -0.2) is 36.1 Å². The van der Waals surface area contributed by atoms with Gasteiger partial charge in [0.25, 0.3) is 0 Å². The Hall–Kier alpha value is -1.89. The van der Waals surface area contributed by atoms with Crippen molar-refractivity contribution >= 4 is 21.6 Å². The van der Waals surface area contributed by atoms with Gasteiger partial charge in [-0.3, -0.25) is 4.90 Å². The third-order valence-corrected chi connectivity index (χ3v) is 5.63. The van der Waals surface area contributed by atoms with E-state index in [0.717, 1.165) is 53.9 Å². The second-order valence-corrected chi connectivity index (χ2v) is 7.29. The first kappa shape index (κ1) is 16.6. The highest BCUT2D eigenvalue weighted by Gasteiger charge is 2.28. The van der Waals surface area contributed by atoms with Crippen LogP contribution in [0.15, 0.2) is 42.5 Å². The van der Waals surface area contributed by atoms with Crippen molar-refractivity contribution in [1.29, 1.82) is 0 Å². The minimum atomic E-state index is -0.554. The lowest BCUT2D eigenvalue weighted by molar-refractivity contribution is 0.236. The van der Waals surface area contributed by atoms with Gasteiger partial charge in [-0.05, 0) is 31.2 Å². The fourth-order valence-electron chi connectivity index (χ4n) is 3.34. The monoisotopic (exact) mass is 359 g/mol. The molecular formula is C19H19F2N3S. The fraction of sp³-hybridized carbons (Fsp3) is 0.316. The van der Waals surface area contributed by atoms with Gasteiger partial charge in [0.1, 0.15) is 16.6 Å². The highest BCUT2D eigenvalue weighted by molar-refractivity contribution is 7.18. The topological polar surface area (TPSA) is 28.2 Å². The van der Waals surface area contributed by atoms with Crippen molar-refractivity contribution in [2.24, 2.45) is 0 Å². The fourth-order valence-corrected chi connectivity index (χ4v) is 4.46. The lowest BCUT2D eigenvalue weighted by Gasteiger charge is -2.29. The zero-order chi connectivity index (χ0) is 17.2. The number of fused-ring (bicyclic) bond motifs is 1. The summed E-state index contributed by atoms with van der Waals surface area (Å²) in [7, 11) is 0. The summed E-state index contributed by atoms with van der Waals surface area (Å²) in [5.74, 6) is -1.07. The Labute approximate surface area is 149 Å². The summed E-state index contributed by atoms with van der Waals surface area (Å²) >= 11 is 1.58. The number of hydrogen-bond acceptors (Lipinski definition) is 4. The summed E-state index contributed by atoms with van der Waals surface area (Å²) in [5.41, 5.74) is 1.41. The number of nitrogens with zero attached hydrogens (tertiary/aromatic N) is 2. The van der Waals surface area contributed by atoms with Gasteiger partial charge in [-0.25, -0.2) is 13.8 Å². The van der Waals surface area contributed by atoms with Gasteiger partial charge in [0.05, 0.1) is 16.3 Å². The molecule has 0 bridgehead atoms. The van der Waals surface area contributed by atoms with Crippen LogP contribution in [0.5, 0.6) is 0 Å². The molecule has 3 nitrogen and oxygen atoms in total. The van der Waals surface area contributed by atoms with Gasteiger partial charge in [-0.2, -0.15) is 0 Å². The third-order valence-electron chi connectivity index (χ3n) is 4.54. The van der Waals surface area contributed by atoms with Crippen molar-refractivity contribution in [2.45, 2.75) is 12.5 Å². The summed E-state index contributed by atoms with van der Waals surface area (Å²) in [6.45, 7) is 3.46. The molecule has 1 N–H and O–H groups in total. The maximum absolute atomic E-state index is 14.6. The van der Waals surface area contributed by atoms with E-state index in [0.29, 0.717) is 5.56 Å². The van der Waals surface area contributed by atoms with Crippen LogP contribution >= 0.6 is 11.3 Å². The molecule has 130 valence electrons. The summed E-state index contributed by atoms with van der Waals surface area (Å²) in [5, 5.41) is 4.23. The van der Waals surface area contributed by atoms with Gasteiger partial charge in [0, 0.05) is 31.3 Å². The van der Waals surface area contributed by atoms with Crippen LogP contribution < -0.4 is 5.32 Å². The molecule has 1 aromatic heterocycles. The average molecular weight is 359 g/mol. The van der Waals surface area contributed by atoms with Gasteiger partial charge < -0.3 is 5.32 Å². The first-order valence-electron chi connectivity index (χ1n) is 8.47. The average Bonchev–Trinajstić information content (AvgIpc) is 2.84. The van der Waals surface area contributed by atoms with Crippen LogP contribution in [0.25, 0.3) is 10.2 Å². The molecule has 2 aromatic carbocycles. The molecule has 0 amide bonds. The summed E-state index contributed by atoms with van der Waals surface area (Å²) < 4.78 is 29.1. The van der Waals surface area contributed by atoms with Crippen LogP contribution in [0.2, 0.25) is 0 Å². The number of halogens is 2. The molecule has 3 aromatic rings. The van der Waals surface area contributed by atoms with Crippen molar-refractivity contribution in [3.63, 3.8) is 0 Å². The quantitative estimate of drug-likeness (QED) is 0.767. The molecule has 2 heterocycles. The van der Waals surface area contributed by atoms with Crippen LogP contribution in [0.3, 0.4) is 0 Å². The number of aromatic nitrogens is 1. The third kappa shape index (κ3) is 3.42. The number of hydrogen-bond donors (Lipinski definition) is 1. The molecule has 1 saturated heterocycles. The van der Waals surface area contributed by atoms with E-state index in [1.54, 1.807) is 17.4 Å². The van der Waals surface area contributed by atoms with E-state index in [-0.39, 0.29) is 6.04 Å². The van der Waals surface area contributed by atoms with E-state index in [2.05, 4.69) is 10.2 Å². The number of rotatable bonds is 3. The molecular weight excluding hydrogens is 340 g/mol. The van der Waals surface area contributed by atoms with Crippen LogP contribution in [-0.2, 0) is 0 Å². The molecule has 1 aliphatic rings. The highest BCUT2D eigenvalue weighted by atomic mass is 32.1. The van der Waals surface area contributed by atoms with Crippen molar-refractivity contribution in [2.75, 3.05) is 26.2 Å². The van der Waals surface area contributed by atoms with Gasteiger partial charge in [-0.15, -0.1) is 11.3 Å². The molecule has 1 unspecified atom stereocenters. The molecule has 0 aliphatic carbocycles. The van der Waals surface area contributed by atoms with Crippen LogP contribution in [0.4, 0.5) is 8.78 Å². The lowest BCUT2D eigenvalue weighted by atomic mass is 10.0. The second-order valence-electron chi connectivity index (χ2n) is 6.23. The maximum Gasteiger partial charge on any atom is 0.131 e. The summed E-state index contributed by atoms with van der Waals surface area (Å²) in [6.07, 6.45) is 0.990. The Balaban J connectivity index is 1.82. The Morgan fingerprint density at radius 2 is 1.96 bits per heavy atom. The van der Waals surface area contributed by atoms with Crippen molar-refractivity contribution in [1.82, 2.24) is 15.2 Å². The van der Waals surface area contributed by atoms with Crippen molar-refractivity contribution in [3.8, 4) is 0 Å². The van der Waals surface area contributed by atoms with Crippen molar-refractivity contribution < 1.29 is 8.78 Å². The molecule has 25 heavy (non-hydrogen) atoms. The molecule has 0 radical (unpaired) electrons. The Kier molecular flexibility index (Phi) is 4.74. The maximum atomic E-state index is 14.6. The molecule has 1 aliphatic heterocycles. The molecule has 1 fully saturated rings. The number of thiazole rings is 1. The highest BCUT2D eigenvalue weighted by Crippen LogP contribution is 2.35. The molecule has 1 atom stereocenters. The largest absolute Gasteiger partial charge is 0.315 e. The number of benzene rings is 2. The SMILES string of the molecule is Fc1ccc(C(c2nc3ccccc3s2)N2CCCNCC2)c(F)c1. The Bertz CT molecular complexity index is 839. The van der Waals surface area contributed by atoms with E-state index in [1.165, 1.54) is 6.07 Å². The van der Waals surface area contributed by atoms with Gasteiger partial charge in [0.2, 0.25) is 0 Å². The smallest absolute Gasteiger partial charge is 0.131 e. The first-order chi connectivity index (χ1) is 12.2. The standard InChI is InChI=1S/C19H19F2N3S/c20-13-6-7-14(15(21)12-13)18(24-10-3-8-22-9-11-24)19-23-16-4-1-2-5-17(16)25-19/h1-2,4-7,12,18,22H,3,8-11H2. The van der Waals surface area contributed by atoms with Crippen LogP contribution in [0.1, 0.15) is 23.0 Å². The van der Waals surface area contributed by atoms with E-state index in [9.17, 15) is 8.78 Å². The van der Waals surface area contributed by atoms with E-state index < -0.39 is 11.6 Å². The first-order valence-corrected chi connectivity index (χ1v) is 9.29. The minimum Gasteiger partial charge on any atom is -0.315 e. The summed E-state index contributed by atoms with van der Waals surface area (Å²) in [6, 6.07) is 11.5. The summed E-state index contributed by atoms with van der Waals surface area (Å²) in [4.78, 5) is 7.00. The van der Waals surface area contributed by atoms with Crippen LogP contribution in [0, 0.1) is 11.6 Å². The lowest BCUT2D eigenvalue weighted by Crippen LogP contribution is -2.33. The van der Waals surface area contributed by atoms with Gasteiger partial charge >= 0.3 is 0 Å². The predicted octanol–water partition coefficient (Wildman–Crippen LogP) is 3.96.